The zero-order valence-electron chi connectivity index (χ0n) is 23.7. The molecule has 9 nitrogen and oxygen atoms in total. The number of hydrogen-bond donors (Lipinski definition) is 1. The molecule has 0 heterocycles. The summed E-state index contributed by atoms with van der Waals surface area (Å²) < 4.78 is 21.2. The largest absolute Gasteiger partial charge is 0.468 e. The van der Waals surface area contributed by atoms with Crippen LogP contribution in [-0.4, -0.2) is 50.2 Å². The van der Waals surface area contributed by atoms with Gasteiger partial charge in [-0.1, -0.05) is 61.5 Å². The molecule has 1 aromatic carbocycles. The van der Waals surface area contributed by atoms with Gasteiger partial charge in [0.2, 0.25) is 0 Å². The SMILES string of the molecule is COC(=O)[C@H](Cc1ccc(OC(=O)CC(C)(C)C)c(OC(=O)CC(C)(C)C)c1)NCCOC(=O)C(C)C. The summed E-state index contributed by atoms with van der Waals surface area (Å²) in [6.45, 7) is 15.3. The maximum absolute atomic E-state index is 12.6. The fourth-order valence-electron chi connectivity index (χ4n) is 3.20. The van der Waals surface area contributed by atoms with Crippen molar-refractivity contribution in [3.8, 4) is 11.5 Å². The maximum atomic E-state index is 12.6. The molecule has 9 heteroatoms. The van der Waals surface area contributed by atoms with Gasteiger partial charge in [-0.3, -0.25) is 19.2 Å². The third-order valence-electron chi connectivity index (χ3n) is 4.94. The van der Waals surface area contributed by atoms with Crippen molar-refractivity contribution in [2.24, 2.45) is 16.7 Å². The van der Waals surface area contributed by atoms with Gasteiger partial charge in [0.05, 0.1) is 25.9 Å². The highest BCUT2D eigenvalue weighted by molar-refractivity contribution is 5.78. The van der Waals surface area contributed by atoms with Crippen molar-refractivity contribution >= 4 is 23.9 Å². The first-order valence-corrected chi connectivity index (χ1v) is 12.5. The van der Waals surface area contributed by atoms with Crippen LogP contribution in [-0.2, 0) is 35.1 Å². The van der Waals surface area contributed by atoms with Crippen LogP contribution in [0.5, 0.6) is 11.5 Å². The van der Waals surface area contributed by atoms with Crippen LogP contribution in [0, 0.1) is 16.7 Å². The third kappa shape index (κ3) is 13.3. The summed E-state index contributed by atoms with van der Waals surface area (Å²) in [6.07, 6.45) is 0.540. The number of ether oxygens (including phenoxy) is 4. The highest BCUT2D eigenvalue weighted by Gasteiger charge is 2.24. The van der Waals surface area contributed by atoms with Crippen molar-refractivity contribution in [1.82, 2.24) is 5.32 Å². The lowest BCUT2D eigenvalue weighted by molar-refractivity contribution is -0.147. The molecular weight excluding hydrogens is 478 g/mol. The molecule has 1 rings (SSSR count). The second kappa shape index (κ2) is 14.1. The summed E-state index contributed by atoms with van der Waals surface area (Å²) in [5.41, 5.74) is 0.0796. The van der Waals surface area contributed by atoms with Gasteiger partial charge in [0.15, 0.2) is 11.5 Å². The summed E-state index contributed by atoms with van der Waals surface area (Å²) in [5.74, 6) is -1.75. The number of carbonyl (C=O) groups is 4. The second-order valence-corrected chi connectivity index (χ2v) is 11.8. The Hall–Kier alpha value is -2.94. The summed E-state index contributed by atoms with van der Waals surface area (Å²) >= 11 is 0. The van der Waals surface area contributed by atoms with Gasteiger partial charge in [-0.05, 0) is 34.9 Å². The number of esters is 4. The van der Waals surface area contributed by atoms with E-state index in [2.05, 4.69) is 5.32 Å². The van der Waals surface area contributed by atoms with Gasteiger partial charge < -0.3 is 24.3 Å². The molecule has 0 saturated heterocycles. The van der Waals surface area contributed by atoms with E-state index >= 15 is 0 Å². The minimum absolute atomic E-state index is 0.100. The molecule has 208 valence electrons. The van der Waals surface area contributed by atoms with Crippen molar-refractivity contribution in [2.45, 2.75) is 80.7 Å². The van der Waals surface area contributed by atoms with E-state index in [-0.39, 0.29) is 66.6 Å². The van der Waals surface area contributed by atoms with Gasteiger partial charge in [-0.15, -0.1) is 0 Å². The van der Waals surface area contributed by atoms with Crippen LogP contribution in [0.3, 0.4) is 0 Å². The fourth-order valence-corrected chi connectivity index (χ4v) is 3.20. The molecule has 0 saturated carbocycles. The highest BCUT2D eigenvalue weighted by Crippen LogP contribution is 2.32. The summed E-state index contributed by atoms with van der Waals surface area (Å²) in [5, 5.41) is 3.03. The van der Waals surface area contributed by atoms with Crippen LogP contribution in [0.15, 0.2) is 18.2 Å². The third-order valence-corrected chi connectivity index (χ3v) is 4.94. The van der Waals surface area contributed by atoms with E-state index < -0.39 is 23.9 Å². The molecule has 0 bridgehead atoms. The first kappa shape index (κ1) is 32.1. The minimum atomic E-state index is -0.741. The van der Waals surface area contributed by atoms with Gasteiger partial charge in [0.1, 0.15) is 12.6 Å². The number of rotatable bonds is 12. The van der Waals surface area contributed by atoms with Gasteiger partial charge in [-0.25, -0.2) is 0 Å². The van der Waals surface area contributed by atoms with Crippen LogP contribution >= 0.6 is 0 Å². The Morgan fingerprint density at radius 3 is 1.86 bits per heavy atom. The molecule has 0 radical (unpaired) electrons. The van der Waals surface area contributed by atoms with Crippen LogP contribution < -0.4 is 14.8 Å². The molecule has 0 aliphatic rings. The standard InChI is InChI=1S/C28H43NO8/c1-18(2)25(32)35-13-12-29-20(26(33)34-9)14-19-10-11-21(36-23(30)16-27(3,4)5)22(15-19)37-24(31)17-28(6,7)8/h10-11,15,18,20,29H,12-14,16-17H2,1-9H3/t20-/m0/s1. The number of hydrogen-bond acceptors (Lipinski definition) is 9. The monoisotopic (exact) mass is 521 g/mol. The first-order chi connectivity index (χ1) is 17.0. The molecular formula is C28H43NO8. The minimum Gasteiger partial charge on any atom is -0.468 e. The molecule has 37 heavy (non-hydrogen) atoms. The van der Waals surface area contributed by atoms with Crippen molar-refractivity contribution in [3.63, 3.8) is 0 Å². The van der Waals surface area contributed by atoms with E-state index in [1.807, 2.05) is 41.5 Å². The van der Waals surface area contributed by atoms with Crippen molar-refractivity contribution < 1.29 is 38.1 Å². The van der Waals surface area contributed by atoms with Crippen molar-refractivity contribution in [2.75, 3.05) is 20.3 Å². The normalized spacial score (nSPS) is 12.6. The van der Waals surface area contributed by atoms with Crippen LogP contribution in [0.2, 0.25) is 0 Å². The topological polar surface area (TPSA) is 117 Å². The van der Waals surface area contributed by atoms with Crippen LogP contribution in [0.25, 0.3) is 0 Å². The predicted octanol–water partition coefficient (Wildman–Crippen LogP) is 4.24. The quantitative estimate of drug-likeness (QED) is 0.245. The van der Waals surface area contributed by atoms with Gasteiger partial charge >= 0.3 is 23.9 Å². The number of carbonyl (C=O) groups excluding carboxylic acids is 4. The second-order valence-electron chi connectivity index (χ2n) is 11.8. The molecule has 0 aromatic heterocycles. The summed E-state index contributed by atoms with van der Waals surface area (Å²) in [6, 6.07) is 4.08. The van der Waals surface area contributed by atoms with E-state index in [9.17, 15) is 19.2 Å². The Labute approximate surface area is 220 Å². The van der Waals surface area contributed by atoms with Crippen LogP contribution in [0.4, 0.5) is 0 Å². The molecule has 0 aliphatic carbocycles. The molecule has 0 unspecified atom stereocenters. The Kier molecular flexibility index (Phi) is 12.2. The zero-order chi connectivity index (χ0) is 28.4. The molecule has 1 aromatic rings. The van der Waals surface area contributed by atoms with Gasteiger partial charge in [0, 0.05) is 6.54 Å². The Morgan fingerprint density at radius 2 is 1.38 bits per heavy atom. The number of benzene rings is 1. The summed E-state index contributed by atoms with van der Waals surface area (Å²) in [7, 11) is 1.28. The number of methoxy groups -OCH3 is 1. The smallest absolute Gasteiger partial charge is 0.323 e. The predicted molar refractivity (Wildman–Crippen MR) is 139 cm³/mol. The molecule has 0 aliphatic heterocycles. The summed E-state index contributed by atoms with van der Waals surface area (Å²) in [4.78, 5) is 49.0. The average molecular weight is 522 g/mol. The van der Waals surface area contributed by atoms with Gasteiger partial charge in [0.25, 0.3) is 0 Å². The zero-order valence-corrected chi connectivity index (χ0v) is 23.7. The Balaban J connectivity index is 3.10. The van der Waals surface area contributed by atoms with Crippen molar-refractivity contribution in [1.29, 1.82) is 0 Å². The maximum Gasteiger partial charge on any atom is 0.323 e. The van der Waals surface area contributed by atoms with E-state index in [0.29, 0.717) is 5.56 Å². The first-order valence-electron chi connectivity index (χ1n) is 12.5. The molecule has 0 spiro atoms. The van der Waals surface area contributed by atoms with E-state index in [4.69, 9.17) is 18.9 Å². The Morgan fingerprint density at radius 1 is 0.838 bits per heavy atom. The molecule has 1 atom stereocenters. The van der Waals surface area contributed by atoms with Crippen LogP contribution in [0.1, 0.15) is 73.8 Å². The Bertz CT molecular complexity index is 940. The molecule has 0 fully saturated rings. The lowest BCUT2D eigenvalue weighted by Gasteiger charge is -2.20. The molecule has 1 N–H and O–H groups in total. The van der Waals surface area contributed by atoms with E-state index in [1.54, 1.807) is 32.0 Å². The van der Waals surface area contributed by atoms with E-state index in [1.165, 1.54) is 7.11 Å². The van der Waals surface area contributed by atoms with Gasteiger partial charge in [-0.2, -0.15) is 0 Å². The fraction of sp³-hybridized carbons (Fsp3) is 0.643. The lowest BCUT2D eigenvalue weighted by atomic mass is 9.92. The van der Waals surface area contributed by atoms with E-state index in [0.717, 1.165) is 0 Å². The highest BCUT2D eigenvalue weighted by atomic mass is 16.6. The lowest BCUT2D eigenvalue weighted by Crippen LogP contribution is -2.41. The van der Waals surface area contributed by atoms with Crippen molar-refractivity contribution in [3.05, 3.63) is 23.8 Å². The average Bonchev–Trinajstić information content (AvgIpc) is 2.74. The molecule has 0 amide bonds. The number of nitrogens with one attached hydrogen (secondary N) is 1.